The van der Waals surface area contributed by atoms with Crippen LogP contribution in [0.5, 0.6) is 11.5 Å². The molecule has 1 saturated heterocycles. The molecule has 2 aliphatic rings. The summed E-state index contributed by atoms with van der Waals surface area (Å²) in [5, 5.41) is 9.32. The first-order valence-electron chi connectivity index (χ1n) is 8.33. The molecule has 0 unspecified atom stereocenters. The van der Waals surface area contributed by atoms with E-state index in [1.54, 1.807) is 11.8 Å². The number of fused-ring (bicyclic) bond motifs is 1. The highest BCUT2D eigenvalue weighted by Gasteiger charge is 2.43. The molecular weight excluding hydrogens is 310 g/mol. The number of benzene rings is 1. The lowest BCUT2D eigenvalue weighted by Crippen LogP contribution is -2.41. The minimum Gasteiger partial charge on any atom is -0.494 e. The number of hydrogen-bond acceptors (Lipinski definition) is 4. The normalized spacial score (nSPS) is 25.8. The van der Waals surface area contributed by atoms with Crippen LogP contribution in [0, 0.1) is 11.3 Å². The molecule has 2 aliphatic heterocycles. The fourth-order valence-corrected chi connectivity index (χ4v) is 3.37. The Bertz CT molecular complexity index is 659. The van der Waals surface area contributed by atoms with Crippen LogP contribution in [0.3, 0.4) is 0 Å². The predicted molar refractivity (Wildman–Crippen MR) is 87.2 cm³/mol. The van der Waals surface area contributed by atoms with Gasteiger partial charge in [-0.25, -0.2) is 0 Å². The summed E-state index contributed by atoms with van der Waals surface area (Å²) in [5.74, 6) is 0.425. The van der Waals surface area contributed by atoms with Gasteiger partial charge in [-0.2, -0.15) is 0 Å². The van der Waals surface area contributed by atoms with Gasteiger partial charge >= 0.3 is 5.97 Å². The summed E-state index contributed by atoms with van der Waals surface area (Å²) in [5.41, 5.74) is 0.122. The van der Waals surface area contributed by atoms with Crippen LogP contribution < -0.4 is 9.47 Å². The molecule has 130 valence electrons. The lowest BCUT2D eigenvalue weighted by atomic mass is 9.90. The van der Waals surface area contributed by atoms with Crippen LogP contribution in [0.25, 0.3) is 0 Å². The van der Waals surface area contributed by atoms with E-state index in [1.807, 2.05) is 25.1 Å². The molecule has 0 aliphatic carbocycles. The number of nitrogens with zero attached hydrogens (tertiary/aromatic N) is 1. The Hall–Kier alpha value is -2.24. The molecule has 6 nitrogen and oxygen atoms in total. The van der Waals surface area contributed by atoms with Gasteiger partial charge in [0.05, 0.1) is 17.9 Å². The number of carboxylic acid groups (broad SMARTS) is 1. The Morgan fingerprint density at radius 2 is 2.25 bits per heavy atom. The van der Waals surface area contributed by atoms with Gasteiger partial charge in [0.2, 0.25) is 5.91 Å². The molecule has 0 spiro atoms. The fraction of sp³-hybridized carbons (Fsp3) is 0.556. The Kier molecular flexibility index (Phi) is 4.39. The Morgan fingerprint density at radius 3 is 2.92 bits per heavy atom. The first-order chi connectivity index (χ1) is 11.4. The number of hydrogen-bond donors (Lipinski definition) is 1. The third kappa shape index (κ3) is 3.05. The minimum absolute atomic E-state index is 0.0209. The minimum atomic E-state index is -0.843. The molecule has 6 heteroatoms. The highest BCUT2D eigenvalue weighted by Crippen LogP contribution is 2.34. The molecule has 2 atom stereocenters. The second kappa shape index (κ2) is 6.34. The third-order valence-corrected chi connectivity index (χ3v) is 4.90. The number of carbonyl (C=O) groups is 2. The molecule has 0 saturated carbocycles. The van der Waals surface area contributed by atoms with Crippen LogP contribution in [0.1, 0.15) is 25.8 Å². The number of amides is 1. The van der Waals surface area contributed by atoms with Crippen molar-refractivity contribution in [1.82, 2.24) is 4.90 Å². The number of rotatable bonds is 4. The van der Waals surface area contributed by atoms with E-state index in [-0.39, 0.29) is 18.4 Å². The van der Waals surface area contributed by atoms with Gasteiger partial charge in [-0.05, 0) is 50.5 Å². The number of likely N-dealkylation sites (tertiary alicyclic amines) is 1. The van der Waals surface area contributed by atoms with Crippen molar-refractivity contribution < 1.29 is 24.2 Å². The summed E-state index contributed by atoms with van der Waals surface area (Å²) in [7, 11) is 0. The van der Waals surface area contributed by atoms with Gasteiger partial charge in [0, 0.05) is 13.1 Å². The molecule has 1 amide bonds. The van der Waals surface area contributed by atoms with E-state index in [0.717, 1.165) is 17.1 Å². The highest BCUT2D eigenvalue weighted by molar-refractivity contribution is 5.82. The van der Waals surface area contributed by atoms with E-state index in [0.29, 0.717) is 32.6 Å². The Morgan fingerprint density at radius 1 is 1.46 bits per heavy atom. The summed E-state index contributed by atoms with van der Waals surface area (Å²) in [6.45, 7) is 5.30. The molecule has 1 aromatic rings. The number of carbonyl (C=O) groups excluding carboxylic acids is 1. The van der Waals surface area contributed by atoms with Crippen LogP contribution in [0.15, 0.2) is 18.2 Å². The van der Waals surface area contributed by atoms with Gasteiger partial charge in [0.1, 0.15) is 18.1 Å². The number of carboxylic acids is 1. The van der Waals surface area contributed by atoms with Crippen LogP contribution in [-0.4, -0.2) is 48.2 Å². The number of ether oxygens (including phenoxy) is 2. The average molecular weight is 333 g/mol. The summed E-state index contributed by atoms with van der Waals surface area (Å²) in [6, 6.07) is 5.66. The SMILES string of the molecule is CCOc1ccc2c(c1)C[C@@H](C(=O)N1CC[C@](C)(C(=O)O)C1)CO2. The lowest BCUT2D eigenvalue weighted by Gasteiger charge is -2.29. The smallest absolute Gasteiger partial charge is 0.311 e. The first-order valence-corrected chi connectivity index (χ1v) is 8.33. The standard InChI is InChI=1S/C18H23NO5/c1-3-23-14-4-5-15-12(9-14)8-13(10-24-15)16(20)19-7-6-18(2,11-19)17(21)22/h4-5,9,13H,3,6-8,10-11H2,1-2H3,(H,21,22)/t13-,18+/m1/s1. The first kappa shape index (κ1) is 16.6. The third-order valence-electron chi connectivity index (χ3n) is 4.90. The highest BCUT2D eigenvalue weighted by atomic mass is 16.5. The van der Waals surface area contributed by atoms with Crippen molar-refractivity contribution in [1.29, 1.82) is 0 Å². The molecule has 0 radical (unpaired) electrons. The zero-order valence-corrected chi connectivity index (χ0v) is 14.1. The summed E-state index contributed by atoms with van der Waals surface area (Å²) in [6.07, 6.45) is 1.09. The fourth-order valence-electron chi connectivity index (χ4n) is 3.37. The molecule has 1 aromatic carbocycles. The lowest BCUT2D eigenvalue weighted by molar-refractivity contribution is -0.147. The maximum atomic E-state index is 12.8. The molecule has 1 N–H and O–H groups in total. The van der Waals surface area contributed by atoms with E-state index in [1.165, 1.54) is 0 Å². The van der Waals surface area contributed by atoms with Gasteiger partial charge < -0.3 is 19.5 Å². The maximum absolute atomic E-state index is 12.8. The van der Waals surface area contributed by atoms with Crippen LogP contribution in [0.4, 0.5) is 0 Å². The van der Waals surface area contributed by atoms with Crippen molar-refractivity contribution in [2.24, 2.45) is 11.3 Å². The molecule has 2 heterocycles. The maximum Gasteiger partial charge on any atom is 0.311 e. The molecule has 0 aromatic heterocycles. The van der Waals surface area contributed by atoms with Crippen molar-refractivity contribution >= 4 is 11.9 Å². The molecule has 1 fully saturated rings. The van der Waals surface area contributed by atoms with Gasteiger partial charge in [0.25, 0.3) is 0 Å². The van der Waals surface area contributed by atoms with Gasteiger partial charge in [-0.15, -0.1) is 0 Å². The Balaban J connectivity index is 1.70. The van der Waals surface area contributed by atoms with Crippen molar-refractivity contribution in [2.75, 3.05) is 26.3 Å². The molecule has 24 heavy (non-hydrogen) atoms. The van der Waals surface area contributed by atoms with Gasteiger partial charge in [-0.1, -0.05) is 0 Å². The summed E-state index contributed by atoms with van der Waals surface area (Å²) >= 11 is 0. The summed E-state index contributed by atoms with van der Waals surface area (Å²) in [4.78, 5) is 25.8. The van der Waals surface area contributed by atoms with E-state index in [9.17, 15) is 14.7 Å². The van der Waals surface area contributed by atoms with E-state index in [2.05, 4.69) is 0 Å². The van der Waals surface area contributed by atoms with Crippen molar-refractivity contribution in [2.45, 2.75) is 26.7 Å². The monoisotopic (exact) mass is 333 g/mol. The van der Waals surface area contributed by atoms with Gasteiger partial charge in [-0.3, -0.25) is 9.59 Å². The van der Waals surface area contributed by atoms with E-state index >= 15 is 0 Å². The van der Waals surface area contributed by atoms with Crippen molar-refractivity contribution in [3.8, 4) is 11.5 Å². The predicted octanol–water partition coefficient (Wildman–Crippen LogP) is 1.96. The molecule has 3 rings (SSSR count). The molecular formula is C18H23NO5. The van der Waals surface area contributed by atoms with Gasteiger partial charge in [0.15, 0.2) is 0 Å². The largest absolute Gasteiger partial charge is 0.494 e. The Labute approximate surface area is 141 Å². The van der Waals surface area contributed by atoms with Crippen LogP contribution in [0.2, 0.25) is 0 Å². The van der Waals surface area contributed by atoms with Crippen LogP contribution in [-0.2, 0) is 16.0 Å². The second-order valence-electron chi connectivity index (χ2n) is 6.79. The van der Waals surface area contributed by atoms with Crippen LogP contribution >= 0.6 is 0 Å². The quantitative estimate of drug-likeness (QED) is 0.911. The topological polar surface area (TPSA) is 76.1 Å². The number of aliphatic carboxylic acids is 1. The van der Waals surface area contributed by atoms with Crippen molar-refractivity contribution in [3.63, 3.8) is 0 Å². The zero-order chi connectivity index (χ0) is 17.3. The molecule has 0 bridgehead atoms. The summed E-state index contributed by atoms with van der Waals surface area (Å²) < 4.78 is 11.2. The van der Waals surface area contributed by atoms with Crippen molar-refractivity contribution in [3.05, 3.63) is 23.8 Å². The van der Waals surface area contributed by atoms with E-state index < -0.39 is 11.4 Å². The second-order valence-corrected chi connectivity index (χ2v) is 6.79. The average Bonchev–Trinajstić information content (AvgIpc) is 2.98. The zero-order valence-electron chi connectivity index (χ0n) is 14.1. The van der Waals surface area contributed by atoms with E-state index in [4.69, 9.17) is 9.47 Å².